The average Bonchev–Trinajstić information content (AvgIpc) is 2.48. The summed E-state index contributed by atoms with van der Waals surface area (Å²) in [4.78, 5) is 0. The van der Waals surface area contributed by atoms with Crippen molar-refractivity contribution in [2.75, 3.05) is 6.54 Å². The monoisotopic (exact) mass is 231 g/mol. The van der Waals surface area contributed by atoms with Gasteiger partial charge in [-0.25, -0.2) is 0 Å². The molecule has 0 fully saturated rings. The zero-order valence-electron chi connectivity index (χ0n) is 9.92. The fourth-order valence-corrected chi connectivity index (χ4v) is 1.48. The van der Waals surface area contributed by atoms with Gasteiger partial charge in [-0.05, 0) is 26.3 Å². The van der Waals surface area contributed by atoms with Crippen LogP contribution in [0.5, 0.6) is 0 Å². The summed E-state index contributed by atoms with van der Waals surface area (Å²) in [5.74, 6) is 0. The van der Waals surface area contributed by atoms with Gasteiger partial charge in [-0.15, -0.1) is 12.4 Å². The summed E-state index contributed by atoms with van der Waals surface area (Å²) in [5.41, 5.74) is 2.48. The first-order valence-electron chi connectivity index (χ1n) is 5.51. The summed E-state index contributed by atoms with van der Waals surface area (Å²) in [5, 5.41) is 7.85. The molecule has 0 bridgehead atoms. The fraction of sp³-hybridized carbons (Fsp3) is 0.727. The molecule has 0 saturated carbocycles. The van der Waals surface area contributed by atoms with Gasteiger partial charge in [-0.1, -0.05) is 13.8 Å². The third-order valence-electron chi connectivity index (χ3n) is 2.24. The predicted molar refractivity (Wildman–Crippen MR) is 66.5 cm³/mol. The minimum Gasteiger partial charge on any atom is -0.313 e. The molecule has 0 saturated heterocycles. The second-order valence-electron chi connectivity index (χ2n) is 3.68. The van der Waals surface area contributed by atoms with Crippen LogP contribution in [0.3, 0.4) is 0 Å². The van der Waals surface area contributed by atoms with Crippen molar-refractivity contribution in [2.24, 2.45) is 0 Å². The maximum Gasteiger partial charge on any atom is 0.0638 e. The number of aromatic nitrogens is 2. The quantitative estimate of drug-likeness (QED) is 0.763. The highest BCUT2D eigenvalue weighted by Gasteiger charge is 2.02. The van der Waals surface area contributed by atoms with Gasteiger partial charge in [-0.3, -0.25) is 4.68 Å². The predicted octanol–water partition coefficient (Wildman–Crippen LogP) is 2.52. The molecular weight excluding hydrogens is 210 g/mol. The van der Waals surface area contributed by atoms with Gasteiger partial charge < -0.3 is 5.32 Å². The standard InChI is InChI=1S/C11H21N3.ClH/c1-4-6-12-8-11-9-14(7-5-2)13-10(11)3;/h9,12H,4-8H2,1-3H3;1H. The topological polar surface area (TPSA) is 29.9 Å². The van der Waals surface area contributed by atoms with Gasteiger partial charge in [0, 0.05) is 24.8 Å². The molecule has 1 aromatic heterocycles. The minimum atomic E-state index is 0. The maximum absolute atomic E-state index is 4.46. The number of aryl methyl sites for hydroxylation is 2. The highest BCUT2D eigenvalue weighted by molar-refractivity contribution is 5.85. The van der Waals surface area contributed by atoms with Gasteiger partial charge in [0.1, 0.15) is 0 Å². The van der Waals surface area contributed by atoms with E-state index in [0.717, 1.165) is 31.7 Å². The Bertz CT molecular complexity index is 271. The summed E-state index contributed by atoms with van der Waals surface area (Å²) in [6, 6.07) is 0. The first kappa shape index (κ1) is 14.5. The van der Waals surface area contributed by atoms with E-state index in [0.29, 0.717) is 0 Å². The number of hydrogen-bond acceptors (Lipinski definition) is 2. The number of hydrogen-bond donors (Lipinski definition) is 1. The summed E-state index contributed by atoms with van der Waals surface area (Å²) >= 11 is 0. The van der Waals surface area contributed by atoms with E-state index in [9.17, 15) is 0 Å². The second-order valence-corrected chi connectivity index (χ2v) is 3.68. The molecule has 4 heteroatoms. The Hall–Kier alpha value is -0.540. The fourth-order valence-electron chi connectivity index (χ4n) is 1.48. The number of nitrogens with one attached hydrogen (secondary N) is 1. The number of nitrogens with zero attached hydrogens (tertiary/aromatic N) is 2. The Morgan fingerprint density at radius 2 is 2.07 bits per heavy atom. The molecule has 1 rings (SSSR count). The molecule has 0 atom stereocenters. The third kappa shape index (κ3) is 4.67. The van der Waals surface area contributed by atoms with Gasteiger partial charge in [0.15, 0.2) is 0 Å². The van der Waals surface area contributed by atoms with Crippen LogP contribution >= 0.6 is 12.4 Å². The van der Waals surface area contributed by atoms with E-state index >= 15 is 0 Å². The molecule has 0 radical (unpaired) electrons. The Labute approximate surface area is 98.7 Å². The third-order valence-corrected chi connectivity index (χ3v) is 2.24. The van der Waals surface area contributed by atoms with Crippen molar-refractivity contribution in [3.63, 3.8) is 0 Å². The van der Waals surface area contributed by atoms with Gasteiger partial charge in [0.25, 0.3) is 0 Å². The zero-order valence-corrected chi connectivity index (χ0v) is 10.7. The highest BCUT2D eigenvalue weighted by Crippen LogP contribution is 2.05. The van der Waals surface area contributed by atoms with Crippen LogP contribution in [0.25, 0.3) is 0 Å². The smallest absolute Gasteiger partial charge is 0.0638 e. The van der Waals surface area contributed by atoms with E-state index < -0.39 is 0 Å². The van der Waals surface area contributed by atoms with Crippen molar-refractivity contribution < 1.29 is 0 Å². The molecule has 0 aliphatic carbocycles. The molecule has 88 valence electrons. The lowest BCUT2D eigenvalue weighted by molar-refractivity contribution is 0.597. The van der Waals surface area contributed by atoms with E-state index in [1.54, 1.807) is 0 Å². The van der Waals surface area contributed by atoms with Crippen molar-refractivity contribution in [3.8, 4) is 0 Å². The van der Waals surface area contributed by atoms with E-state index in [1.165, 1.54) is 12.0 Å². The van der Waals surface area contributed by atoms with Gasteiger partial charge in [0.05, 0.1) is 5.69 Å². The molecule has 1 heterocycles. The Morgan fingerprint density at radius 1 is 1.33 bits per heavy atom. The maximum atomic E-state index is 4.46. The summed E-state index contributed by atoms with van der Waals surface area (Å²) in [7, 11) is 0. The van der Waals surface area contributed by atoms with Crippen LogP contribution in [0.4, 0.5) is 0 Å². The molecule has 0 spiro atoms. The number of rotatable bonds is 6. The van der Waals surface area contributed by atoms with Crippen molar-refractivity contribution in [1.29, 1.82) is 0 Å². The van der Waals surface area contributed by atoms with E-state index in [-0.39, 0.29) is 12.4 Å². The molecule has 15 heavy (non-hydrogen) atoms. The van der Waals surface area contributed by atoms with Crippen LogP contribution in [0, 0.1) is 6.92 Å². The Morgan fingerprint density at radius 3 is 2.67 bits per heavy atom. The van der Waals surface area contributed by atoms with Gasteiger partial charge >= 0.3 is 0 Å². The van der Waals surface area contributed by atoms with E-state index in [4.69, 9.17) is 0 Å². The van der Waals surface area contributed by atoms with Crippen LogP contribution in [-0.4, -0.2) is 16.3 Å². The molecule has 0 unspecified atom stereocenters. The highest BCUT2D eigenvalue weighted by atomic mass is 35.5. The van der Waals surface area contributed by atoms with Crippen LogP contribution < -0.4 is 5.32 Å². The summed E-state index contributed by atoms with van der Waals surface area (Å²) in [6.07, 6.45) is 4.48. The first-order chi connectivity index (χ1) is 6.77. The molecule has 0 aliphatic heterocycles. The lowest BCUT2D eigenvalue weighted by atomic mass is 10.2. The van der Waals surface area contributed by atoms with Crippen LogP contribution in [-0.2, 0) is 13.1 Å². The molecular formula is C11H22ClN3. The zero-order chi connectivity index (χ0) is 10.4. The molecule has 0 amide bonds. The van der Waals surface area contributed by atoms with Crippen LogP contribution in [0.15, 0.2) is 6.20 Å². The normalized spacial score (nSPS) is 10.1. The molecule has 0 aromatic carbocycles. The second kappa shape index (κ2) is 7.71. The van der Waals surface area contributed by atoms with Crippen molar-refractivity contribution in [3.05, 3.63) is 17.5 Å². The molecule has 1 aromatic rings. The summed E-state index contributed by atoms with van der Waals surface area (Å²) in [6.45, 7) is 9.48. The average molecular weight is 232 g/mol. The van der Waals surface area contributed by atoms with E-state index in [2.05, 4.69) is 37.4 Å². The first-order valence-corrected chi connectivity index (χ1v) is 5.51. The molecule has 3 nitrogen and oxygen atoms in total. The van der Waals surface area contributed by atoms with Crippen LogP contribution in [0.1, 0.15) is 37.9 Å². The Balaban J connectivity index is 0.00000196. The number of halogens is 1. The summed E-state index contributed by atoms with van der Waals surface area (Å²) < 4.78 is 2.04. The Kier molecular flexibility index (Phi) is 7.44. The lowest BCUT2D eigenvalue weighted by Gasteiger charge is -2.00. The molecule has 1 N–H and O–H groups in total. The lowest BCUT2D eigenvalue weighted by Crippen LogP contribution is -2.13. The van der Waals surface area contributed by atoms with Gasteiger partial charge in [0.2, 0.25) is 0 Å². The van der Waals surface area contributed by atoms with Crippen molar-refractivity contribution in [1.82, 2.24) is 15.1 Å². The largest absolute Gasteiger partial charge is 0.313 e. The van der Waals surface area contributed by atoms with Crippen molar-refractivity contribution in [2.45, 2.75) is 46.7 Å². The van der Waals surface area contributed by atoms with E-state index in [1.807, 2.05) is 4.68 Å². The van der Waals surface area contributed by atoms with Crippen molar-refractivity contribution >= 4 is 12.4 Å². The minimum absolute atomic E-state index is 0. The molecule has 0 aliphatic rings. The van der Waals surface area contributed by atoms with Crippen LogP contribution in [0.2, 0.25) is 0 Å². The SMILES string of the molecule is CCCNCc1cn(CCC)nc1C.Cl. The van der Waals surface area contributed by atoms with Gasteiger partial charge in [-0.2, -0.15) is 5.10 Å².